The molecule has 1 heterocycles. The van der Waals surface area contributed by atoms with Crippen LogP contribution in [-0.2, 0) is 10.0 Å². The number of hydrogen-bond donors (Lipinski definition) is 2. The highest BCUT2D eigenvalue weighted by atomic mass is 32.2. The van der Waals surface area contributed by atoms with Crippen LogP contribution in [0.4, 0.5) is 0 Å². The maximum Gasteiger partial charge on any atom is 0.214 e. The average molecular weight is 177 g/mol. The topological polar surface area (TPSA) is 66.4 Å². The van der Waals surface area contributed by atoms with Crippen molar-refractivity contribution in [2.24, 2.45) is 0 Å². The molecule has 2 rings (SSSR count). The third-order valence-electron chi connectivity index (χ3n) is 2.52. The molecule has 5 heteroatoms. The van der Waals surface area contributed by atoms with Crippen LogP contribution in [0.1, 0.15) is 19.3 Å². The molecule has 0 aromatic carbocycles. The van der Waals surface area contributed by atoms with Crippen molar-refractivity contribution in [2.45, 2.75) is 36.7 Å². The fourth-order valence-corrected chi connectivity index (χ4v) is 3.61. The van der Waals surface area contributed by atoms with E-state index in [-0.39, 0.29) is 11.3 Å². The van der Waals surface area contributed by atoms with Gasteiger partial charge in [0.25, 0.3) is 0 Å². The summed E-state index contributed by atoms with van der Waals surface area (Å²) in [5.41, 5.74) is 0. The van der Waals surface area contributed by atoms with E-state index in [1.54, 1.807) is 0 Å². The Bertz CT molecular complexity index is 261. The van der Waals surface area contributed by atoms with Gasteiger partial charge in [0, 0.05) is 6.04 Å². The Kier molecular flexibility index (Phi) is 1.49. The van der Waals surface area contributed by atoms with Crippen LogP contribution in [0.25, 0.3) is 0 Å². The lowest BCUT2D eigenvalue weighted by Crippen LogP contribution is -2.36. The molecule has 1 aliphatic carbocycles. The van der Waals surface area contributed by atoms with Crippen LogP contribution in [-0.4, -0.2) is 30.9 Å². The van der Waals surface area contributed by atoms with Crippen LogP contribution in [0.3, 0.4) is 0 Å². The maximum atomic E-state index is 11.2. The van der Waals surface area contributed by atoms with Crippen molar-refractivity contribution in [2.75, 3.05) is 0 Å². The zero-order valence-corrected chi connectivity index (χ0v) is 6.84. The molecule has 1 saturated heterocycles. The molecule has 3 unspecified atom stereocenters. The standard InChI is InChI=1S/C6H11NO3S/c8-6-2-1-4-3-5(6)7-11(4,9)10/h4-8H,1-3H2. The fraction of sp³-hybridized carbons (Fsp3) is 1.00. The summed E-state index contributed by atoms with van der Waals surface area (Å²) in [5.74, 6) is 0. The van der Waals surface area contributed by atoms with Gasteiger partial charge in [-0.3, -0.25) is 0 Å². The number of aliphatic hydroxyl groups is 1. The molecule has 0 spiro atoms. The third-order valence-corrected chi connectivity index (χ3v) is 4.46. The van der Waals surface area contributed by atoms with Gasteiger partial charge in [0.05, 0.1) is 11.4 Å². The van der Waals surface area contributed by atoms with Crippen molar-refractivity contribution in [1.29, 1.82) is 0 Å². The van der Waals surface area contributed by atoms with Gasteiger partial charge in [-0.25, -0.2) is 13.1 Å². The highest BCUT2D eigenvalue weighted by Crippen LogP contribution is 2.30. The molecule has 2 bridgehead atoms. The van der Waals surface area contributed by atoms with Gasteiger partial charge < -0.3 is 5.11 Å². The minimum atomic E-state index is -3.07. The SMILES string of the molecule is O=S1(=O)NC2CC1CCC2O. The van der Waals surface area contributed by atoms with Crippen molar-refractivity contribution < 1.29 is 13.5 Å². The molecule has 64 valence electrons. The normalized spacial score (nSPS) is 47.5. The lowest BCUT2D eigenvalue weighted by Gasteiger charge is -2.20. The second kappa shape index (κ2) is 2.18. The second-order valence-electron chi connectivity index (χ2n) is 3.27. The fourth-order valence-electron chi connectivity index (χ4n) is 1.83. The van der Waals surface area contributed by atoms with E-state index in [1.165, 1.54) is 0 Å². The number of fused-ring (bicyclic) bond motifs is 2. The summed E-state index contributed by atoms with van der Waals surface area (Å²) in [6.45, 7) is 0. The smallest absolute Gasteiger partial charge is 0.214 e. The molecule has 2 fully saturated rings. The predicted octanol–water partition coefficient (Wildman–Crippen LogP) is -0.799. The van der Waals surface area contributed by atoms with Crippen molar-refractivity contribution in [3.8, 4) is 0 Å². The molecule has 1 aliphatic heterocycles. The van der Waals surface area contributed by atoms with Crippen molar-refractivity contribution in [1.82, 2.24) is 4.72 Å². The molecular formula is C6H11NO3S. The van der Waals surface area contributed by atoms with E-state index in [9.17, 15) is 13.5 Å². The molecule has 0 radical (unpaired) electrons. The largest absolute Gasteiger partial charge is 0.391 e. The van der Waals surface area contributed by atoms with E-state index < -0.39 is 16.1 Å². The van der Waals surface area contributed by atoms with E-state index in [0.717, 1.165) is 0 Å². The highest BCUT2D eigenvalue weighted by Gasteiger charge is 2.44. The van der Waals surface area contributed by atoms with Crippen molar-refractivity contribution in [3.63, 3.8) is 0 Å². The summed E-state index contributed by atoms with van der Waals surface area (Å²) < 4.78 is 24.8. The summed E-state index contributed by atoms with van der Waals surface area (Å²) in [5, 5.41) is 9.06. The van der Waals surface area contributed by atoms with Gasteiger partial charge in [0.2, 0.25) is 10.0 Å². The van der Waals surface area contributed by atoms with Gasteiger partial charge in [-0.15, -0.1) is 0 Å². The van der Waals surface area contributed by atoms with Gasteiger partial charge in [-0.2, -0.15) is 0 Å². The van der Waals surface area contributed by atoms with Gasteiger partial charge in [-0.1, -0.05) is 0 Å². The molecule has 0 amide bonds. The van der Waals surface area contributed by atoms with E-state index in [4.69, 9.17) is 0 Å². The van der Waals surface area contributed by atoms with E-state index in [0.29, 0.717) is 19.3 Å². The first kappa shape index (κ1) is 7.52. The van der Waals surface area contributed by atoms with Crippen LogP contribution < -0.4 is 4.72 Å². The summed E-state index contributed by atoms with van der Waals surface area (Å²) in [6.07, 6.45) is 1.33. The Morgan fingerprint density at radius 3 is 2.73 bits per heavy atom. The number of hydrogen-bond acceptors (Lipinski definition) is 3. The molecular weight excluding hydrogens is 166 g/mol. The Morgan fingerprint density at radius 2 is 2.09 bits per heavy atom. The first-order valence-electron chi connectivity index (χ1n) is 3.79. The van der Waals surface area contributed by atoms with E-state index in [2.05, 4.69) is 4.72 Å². The van der Waals surface area contributed by atoms with Crippen molar-refractivity contribution >= 4 is 10.0 Å². The highest BCUT2D eigenvalue weighted by molar-refractivity contribution is 7.90. The van der Waals surface area contributed by atoms with Gasteiger partial charge in [-0.05, 0) is 19.3 Å². The lowest BCUT2D eigenvalue weighted by atomic mass is 9.93. The van der Waals surface area contributed by atoms with E-state index >= 15 is 0 Å². The quantitative estimate of drug-likeness (QED) is 0.509. The Morgan fingerprint density at radius 1 is 1.36 bits per heavy atom. The summed E-state index contributed by atoms with van der Waals surface area (Å²) in [4.78, 5) is 0. The van der Waals surface area contributed by atoms with Crippen LogP contribution in [0.15, 0.2) is 0 Å². The van der Waals surface area contributed by atoms with Gasteiger partial charge in [0.15, 0.2) is 0 Å². The number of sulfonamides is 1. The second-order valence-corrected chi connectivity index (χ2v) is 5.26. The molecule has 2 N–H and O–H groups in total. The predicted molar refractivity (Wildman–Crippen MR) is 39.5 cm³/mol. The molecule has 1 saturated carbocycles. The third kappa shape index (κ3) is 1.07. The summed E-state index contributed by atoms with van der Waals surface area (Å²) in [7, 11) is -3.07. The molecule has 11 heavy (non-hydrogen) atoms. The molecule has 4 nitrogen and oxygen atoms in total. The molecule has 0 aromatic heterocycles. The van der Waals surface area contributed by atoms with Crippen LogP contribution in [0.2, 0.25) is 0 Å². The summed E-state index contributed by atoms with van der Waals surface area (Å²) in [6, 6.07) is -0.209. The minimum Gasteiger partial charge on any atom is -0.391 e. The number of rotatable bonds is 0. The molecule has 2 aliphatic rings. The Labute approximate surface area is 65.7 Å². The van der Waals surface area contributed by atoms with Crippen molar-refractivity contribution in [3.05, 3.63) is 0 Å². The van der Waals surface area contributed by atoms with E-state index in [1.807, 2.05) is 0 Å². The lowest BCUT2D eigenvalue weighted by molar-refractivity contribution is 0.111. The van der Waals surface area contributed by atoms with Crippen LogP contribution in [0, 0.1) is 0 Å². The van der Waals surface area contributed by atoms with Crippen LogP contribution >= 0.6 is 0 Å². The minimum absolute atomic E-state index is 0.209. The Hall–Kier alpha value is -0.130. The zero-order valence-electron chi connectivity index (χ0n) is 6.03. The summed E-state index contributed by atoms with van der Waals surface area (Å²) >= 11 is 0. The molecule has 0 aromatic rings. The monoisotopic (exact) mass is 177 g/mol. The zero-order chi connectivity index (χ0) is 8.06. The van der Waals surface area contributed by atoms with Gasteiger partial charge in [0.1, 0.15) is 0 Å². The average Bonchev–Trinajstić information content (AvgIpc) is 2.16. The Balaban J connectivity index is 2.29. The number of aliphatic hydroxyl groups excluding tert-OH is 1. The number of nitrogens with one attached hydrogen (secondary N) is 1. The molecule has 3 atom stereocenters. The van der Waals surface area contributed by atoms with Crippen LogP contribution in [0.5, 0.6) is 0 Å². The van der Waals surface area contributed by atoms with Gasteiger partial charge >= 0.3 is 0 Å². The first-order valence-corrected chi connectivity index (χ1v) is 5.33. The first-order chi connectivity index (χ1) is 5.09. The maximum absolute atomic E-state index is 11.2.